The first-order valence-corrected chi connectivity index (χ1v) is 6.59. The van der Waals surface area contributed by atoms with Gasteiger partial charge in [0, 0.05) is 26.9 Å². The minimum Gasteiger partial charge on any atom is -0.383 e. The van der Waals surface area contributed by atoms with E-state index < -0.39 is 10.0 Å². The van der Waals surface area contributed by atoms with Crippen LogP contribution in [0.2, 0.25) is 0 Å². The van der Waals surface area contributed by atoms with Crippen LogP contribution in [-0.4, -0.2) is 47.8 Å². The number of aromatic nitrogens is 1. The summed E-state index contributed by atoms with van der Waals surface area (Å²) in [5, 5.41) is 0. The van der Waals surface area contributed by atoms with Crippen LogP contribution in [0, 0.1) is 0 Å². The maximum absolute atomic E-state index is 11.5. The lowest BCUT2D eigenvalue weighted by Crippen LogP contribution is -2.23. The van der Waals surface area contributed by atoms with Gasteiger partial charge >= 0.3 is 0 Å². The highest BCUT2D eigenvalue weighted by molar-refractivity contribution is 7.89. The molecular formula is C10H17N3O3S. The minimum atomic E-state index is -3.41. The maximum Gasteiger partial charge on any atom is 0.241 e. The lowest BCUT2D eigenvalue weighted by atomic mass is 10.4. The summed E-state index contributed by atoms with van der Waals surface area (Å²) in [4.78, 5) is 6.14. The molecule has 0 unspecified atom stereocenters. The summed E-state index contributed by atoms with van der Waals surface area (Å²) >= 11 is 0. The predicted octanol–water partition coefficient (Wildman–Crippen LogP) is 0.0723. The van der Waals surface area contributed by atoms with E-state index in [2.05, 4.69) is 9.71 Å². The number of nitrogens with one attached hydrogen (secondary N) is 1. The lowest BCUT2D eigenvalue weighted by Gasteiger charge is -2.17. The van der Waals surface area contributed by atoms with E-state index in [4.69, 9.17) is 4.74 Å². The van der Waals surface area contributed by atoms with Crippen LogP contribution < -0.4 is 9.62 Å². The van der Waals surface area contributed by atoms with Crippen LogP contribution >= 0.6 is 0 Å². The van der Waals surface area contributed by atoms with Gasteiger partial charge in [0.05, 0.1) is 6.61 Å². The van der Waals surface area contributed by atoms with Gasteiger partial charge in [-0.05, 0) is 19.2 Å². The average molecular weight is 259 g/mol. The second-order valence-electron chi connectivity index (χ2n) is 3.47. The molecule has 0 atom stereocenters. The molecule has 1 N–H and O–H groups in total. The number of ether oxygens (including phenoxy) is 1. The Morgan fingerprint density at radius 2 is 2.18 bits per heavy atom. The van der Waals surface area contributed by atoms with Crippen molar-refractivity contribution in [2.75, 3.05) is 39.3 Å². The molecule has 0 fully saturated rings. The van der Waals surface area contributed by atoms with Gasteiger partial charge in [0.25, 0.3) is 0 Å². The Labute approximate surface area is 102 Å². The Morgan fingerprint density at radius 1 is 1.47 bits per heavy atom. The monoisotopic (exact) mass is 259 g/mol. The number of rotatable bonds is 6. The molecule has 0 aromatic carbocycles. The summed E-state index contributed by atoms with van der Waals surface area (Å²) in [5.41, 5.74) is 0. The van der Waals surface area contributed by atoms with Gasteiger partial charge in [-0.2, -0.15) is 0 Å². The van der Waals surface area contributed by atoms with Crippen LogP contribution in [0.4, 0.5) is 5.82 Å². The molecule has 0 saturated heterocycles. The van der Waals surface area contributed by atoms with E-state index in [1.165, 1.54) is 19.3 Å². The third kappa shape index (κ3) is 3.65. The Kier molecular flexibility index (Phi) is 4.86. The van der Waals surface area contributed by atoms with Crippen molar-refractivity contribution >= 4 is 15.8 Å². The van der Waals surface area contributed by atoms with Crippen molar-refractivity contribution in [3.63, 3.8) is 0 Å². The van der Waals surface area contributed by atoms with Gasteiger partial charge in [-0.15, -0.1) is 0 Å². The van der Waals surface area contributed by atoms with E-state index in [9.17, 15) is 8.42 Å². The highest BCUT2D eigenvalue weighted by Gasteiger charge is 2.12. The largest absolute Gasteiger partial charge is 0.383 e. The van der Waals surface area contributed by atoms with Crippen molar-refractivity contribution in [3.05, 3.63) is 18.3 Å². The molecule has 0 aliphatic carbocycles. The summed E-state index contributed by atoms with van der Waals surface area (Å²) in [6.45, 7) is 1.29. The SMILES string of the molecule is CNS(=O)(=O)c1ccc(N(C)CCOC)nc1. The fourth-order valence-corrected chi connectivity index (χ4v) is 1.89. The molecule has 1 aromatic heterocycles. The molecule has 0 saturated carbocycles. The van der Waals surface area contributed by atoms with Crippen molar-refractivity contribution in [2.24, 2.45) is 0 Å². The minimum absolute atomic E-state index is 0.156. The molecule has 0 bridgehead atoms. The Bertz CT molecular complexity index is 444. The highest BCUT2D eigenvalue weighted by Crippen LogP contribution is 2.12. The van der Waals surface area contributed by atoms with Crippen LogP contribution in [0.5, 0.6) is 0 Å². The number of hydrogen-bond donors (Lipinski definition) is 1. The van der Waals surface area contributed by atoms with Crippen molar-refractivity contribution < 1.29 is 13.2 Å². The number of sulfonamides is 1. The highest BCUT2D eigenvalue weighted by atomic mass is 32.2. The normalized spacial score (nSPS) is 11.5. The van der Waals surface area contributed by atoms with E-state index in [0.29, 0.717) is 19.0 Å². The van der Waals surface area contributed by atoms with Gasteiger partial charge in [0.15, 0.2) is 0 Å². The van der Waals surface area contributed by atoms with E-state index in [0.717, 1.165) is 0 Å². The van der Waals surface area contributed by atoms with Crippen molar-refractivity contribution in [2.45, 2.75) is 4.90 Å². The first-order chi connectivity index (χ1) is 8.01. The number of pyridine rings is 1. The van der Waals surface area contributed by atoms with E-state index in [1.54, 1.807) is 13.2 Å². The Balaban J connectivity index is 2.81. The number of likely N-dealkylation sites (N-methyl/N-ethyl adjacent to an activating group) is 1. The number of anilines is 1. The van der Waals surface area contributed by atoms with Crippen LogP contribution in [0.3, 0.4) is 0 Å². The molecule has 0 aliphatic rings. The molecule has 0 aliphatic heterocycles. The topological polar surface area (TPSA) is 71.5 Å². The zero-order valence-electron chi connectivity index (χ0n) is 10.2. The number of nitrogens with zero attached hydrogens (tertiary/aromatic N) is 2. The molecule has 17 heavy (non-hydrogen) atoms. The van der Waals surface area contributed by atoms with Gasteiger partial charge in [-0.1, -0.05) is 0 Å². The van der Waals surface area contributed by atoms with Crippen LogP contribution in [0.25, 0.3) is 0 Å². The fourth-order valence-electron chi connectivity index (χ4n) is 1.22. The molecule has 0 radical (unpaired) electrons. The van der Waals surface area contributed by atoms with Gasteiger partial charge in [0.1, 0.15) is 10.7 Å². The van der Waals surface area contributed by atoms with Crippen LogP contribution in [0.15, 0.2) is 23.2 Å². The smallest absolute Gasteiger partial charge is 0.241 e. The summed E-state index contributed by atoms with van der Waals surface area (Å²) in [7, 11) is 1.45. The summed E-state index contributed by atoms with van der Waals surface area (Å²) in [6, 6.07) is 3.19. The standard InChI is InChI=1S/C10H17N3O3S/c1-11-17(14,15)9-4-5-10(12-8-9)13(2)6-7-16-3/h4-5,8,11H,6-7H2,1-3H3. The predicted molar refractivity (Wildman–Crippen MR) is 65.6 cm³/mol. The van der Waals surface area contributed by atoms with E-state index in [-0.39, 0.29) is 4.90 Å². The van der Waals surface area contributed by atoms with Crippen LogP contribution in [0.1, 0.15) is 0 Å². The second kappa shape index (κ2) is 5.95. The lowest BCUT2D eigenvalue weighted by molar-refractivity contribution is 0.206. The Hall–Kier alpha value is -1.18. The van der Waals surface area contributed by atoms with E-state index in [1.807, 2.05) is 11.9 Å². The van der Waals surface area contributed by atoms with E-state index >= 15 is 0 Å². The molecule has 1 aromatic rings. The summed E-state index contributed by atoms with van der Waals surface area (Å²) in [6.07, 6.45) is 1.34. The van der Waals surface area contributed by atoms with Crippen molar-refractivity contribution in [1.29, 1.82) is 0 Å². The molecule has 0 amide bonds. The third-order valence-electron chi connectivity index (χ3n) is 2.32. The number of methoxy groups -OCH3 is 1. The summed E-state index contributed by atoms with van der Waals surface area (Å²) < 4.78 is 30.1. The molecule has 6 nitrogen and oxygen atoms in total. The first kappa shape index (κ1) is 13.9. The number of hydrogen-bond acceptors (Lipinski definition) is 5. The molecule has 1 heterocycles. The molecule has 7 heteroatoms. The van der Waals surface area contributed by atoms with Gasteiger partial charge in [-0.25, -0.2) is 18.1 Å². The van der Waals surface area contributed by atoms with Gasteiger partial charge in [-0.3, -0.25) is 0 Å². The Morgan fingerprint density at radius 3 is 2.65 bits per heavy atom. The molecule has 1 rings (SSSR count). The average Bonchev–Trinajstić information content (AvgIpc) is 2.36. The van der Waals surface area contributed by atoms with Crippen molar-refractivity contribution in [3.8, 4) is 0 Å². The molecular weight excluding hydrogens is 242 g/mol. The first-order valence-electron chi connectivity index (χ1n) is 5.11. The zero-order valence-corrected chi connectivity index (χ0v) is 11.0. The van der Waals surface area contributed by atoms with Gasteiger partial charge in [0.2, 0.25) is 10.0 Å². The zero-order chi connectivity index (χ0) is 12.9. The fraction of sp³-hybridized carbons (Fsp3) is 0.500. The third-order valence-corrected chi connectivity index (χ3v) is 3.72. The summed E-state index contributed by atoms with van der Waals surface area (Å²) in [5.74, 6) is 0.706. The second-order valence-corrected chi connectivity index (χ2v) is 5.36. The maximum atomic E-state index is 11.5. The quantitative estimate of drug-likeness (QED) is 0.783. The van der Waals surface area contributed by atoms with Crippen LogP contribution in [-0.2, 0) is 14.8 Å². The molecule has 0 spiro atoms. The molecule has 96 valence electrons. The van der Waals surface area contributed by atoms with Gasteiger partial charge < -0.3 is 9.64 Å². The van der Waals surface area contributed by atoms with Crippen molar-refractivity contribution in [1.82, 2.24) is 9.71 Å².